The quantitative estimate of drug-likeness (QED) is 0.836. The molecule has 1 aliphatic heterocycles. The molecule has 0 saturated carbocycles. The highest BCUT2D eigenvalue weighted by molar-refractivity contribution is 5.98. The maximum Gasteiger partial charge on any atom is 0.326 e. The number of likely N-dealkylation sites (tertiary alicyclic amines) is 1. The average molecular weight is 264 g/mol. The molecule has 0 bridgehead atoms. The van der Waals surface area contributed by atoms with Gasteiger partial charge in [0.05, 0.1) is 11.3 Å². The lowest BCUT2D eigenvalue weighted by molar-refractivity contribution is -0.146. The van der Waals surface area contributed by atoms with E-state index in [4.69, 9.17) is 5.11 Å². The summed E-state index contributed by atoms with van der Waals surface area (Å²) in [6.07, 6.45) is 1.95. The molecule has 1 amide bonds. The highest BCUT2D eigenvalue weighted by Gasteiger charge is 2.38. The van der Waals surface area contributed by atoms with Crippen LogP contribution < -0.4 is 4.90 Å². The second kappa shape index (κ2) is 4.83. The van der Waals surface area contributed by atoms with Crippen molar-refractivity contribution in [2.45, 2.75) is 19.4 Å². The largest absolute Gasteiger partial charge is 0.480 e. The number of hydrogen-bond acceptors (Lipinski definition) is 5. The number of carbonyl (C=O) groups is 2. The number of carboxylic acids is 1. The first kappa shape index (κ1) is 13.3. The Morgan fingerprint density at radius 2 is 2.16 bits per heavy atom. The second-order valence-corrected chi connectivity index (χ2v) is 4.70. The predicted molar refractivity (Wildman–Crippen MR) is 68.2 cm³/mol. The van der Waals surface area contributed by atoms with Gasteiger partial charge in [-0.1, -0.05) is 0 Å². The third-order valence-electron chi connectivity index (χ3n) is 3.16. The number of anilines is 1. The van der Waals surface area contributed by atoms with E-state index >= 15 is 0 Å². The molecule has 1 N–H and O–H groups in total. The first-order valence-electron chi connectivity index (χ1n) is 5.96. The molecule has 1 aromatic heterocycles. The van der Waals surface area contributed by atoms with Crippen molar-refractivity contribution in [3.63, 3.8) is 0 Å². The predicted octanol–water partition coefficient (Wildman–Crippen LogP) is 0.150. The van der Waals surface area contributed by atoms with Gasteiger partial charge in [-0.2, -0.15) is 0 Å². The van der Waals surface area contributed by atoms with Gasteiger partial charge in [-0.05, 0) is 13.3 Å². The molecular weight excluding hydrogens is 248 g/mol. The van der Waals surface area contributed by atoms with Gasteiger partial charge in [0.2, 0.25) is 5.95 Å². The van der Waals surface area contributed by atoms with Gasteiger partial charge >= 0.3 is 5.97 Å². The van der Waals surface area contributed by atoms with E-state index in [1.807, 2.05) is 14.1 Å². The summed E-state index contributed by atoms with van der Waals surface area (Å²) in [4.78, 5) is 34.5. The average Bonchev–Trinajstić information content (AvgIpc) is 2.25. The smallest absolute Gasteiger partial charge is 0.326 e. The molecule has 2 heterocycles. The number of carboxylic acid groups (broad SMARTS) is 1. The minimum atomic E-state index is -0.969. The molecule has 2 rings (SSSR count). The number of amides is 1. The van der Waals surface area contributed by atoms with Gasteiger partial charge in [-0.15, -0.1) is 0 Å². The van der Waals surface area contributed by atoms with E-state index in [1.165, 1.54) is 11.1 Å². The zero-order chi connectivity index (χ0) is 14.2. The molecule has 0 aliphatic carbocycles. The topological polar surface area (TPSA) is 86.6 Å². The van der Waals surface area contributed by atoms with E-state index < -0.39 is 12.0 Å². The number of aromatic nitrogens is 2. The Morgan fingerprint density at radius 3 is 2.58 bits per heavy atom. The van der Waals surface area contributed by atoms with Crippen LogP contribution in [0, 0.1) is 6.92 Å². The first-order chi connectivity index (χ1) is 8.91. The summed E-state index contributed by atoms with van der Waals surface area (Å²) >= 11 is 0. The molecule has 1 fully saturated rings. The van der Waals surface area contributed by atoms with Gasteiger partial charge < -0.3 is 14.9 Å². The first-order valence-corrected chi connectivity index (χ1v) is 5.96. The Hall–Kier alpha value is -2.18. The summed E-state index contributed by atoms with van der Waals surface area (Å²) in [5, 5.41) is 8.95. The molecule has 0 spiro atoms. The lowest BCUT2D eigenvalue weighted by atomic mass is 10.0. The molecule has 7 nitrogen and oxygen atoms in total. The molecule has 0 aromatic carbocycles. The van der Waals surface area contributed by atoms with E-state index in [-0.39, 0.29) is 5.91 Å². The maximum atomic E-state index is 12.2. The van der Waals surface area contributed by atoms with Crippen LogP contribution in [0.15, 0.2) is 6.20 Å². The highest BCUT2D eigenvalue weighted by Crippen LogP contribution is 2.22. The second-order valence-electron chi connectivity index (χ2n) is 4.70. The standard InChI is InChI=1S/C12H16N4O3/c1-7-8(6-13-12(14-7)15(2)3)10(17)16-5-4-9(16)11(18)19/h6,9H,4-5H2,1-3H3,(H,18,19)/t9-/m0/s1. The lowest BCUT2D eigenvalue weighted by Crippen LogP contribution is -2.55. The Labute approximate surface area is 110 Å². The minimum absolute atomic E-state index is 0.318. The van der Waals surface area contributed by atoms with E-state index in [0.717, 1.165) is 0 Å². The molecule has 1 saturated heterocycles. The van der Waals surface area contributed by atoms with E-state index in [1.54, 1.807) is 11.8 Å². The molecule has 19 heavy (non-hydrogen) atoms. The molecule has 102 valence electrons. The van der Waals surface area contributed by atoms with Gasteiger partial charge in [0, 0.05) is 26.8 Å². The van der Waals surface area contributed by atoms with Gasteiger partial charge in [-0.3, -0.25) is 4.79 Å². The normalized spacial score (nSPS) is 17.8. The van der Waals surface area contributed by atoms with E-state index in [9.17, 15) is 9.59 Å². The number of carbonyl (C=O) groups excluding carboxylic acids is 1. The summed E-state index contributed by atoms with van der Waals surface area (Å²) in [5.74, 6) is -0.767. The number of hydrogen-bond donors (Lipinski definition) is 1. The van der Waals surface area contributed by atoms with Crippen LogP contribution in [-0.2, 0) is 4.79 Å². The summed E-state index contributed by atoms with van der Waals surface area (Å²) in [7, 11) is 3.62. The van der Waals surface area contributed by atoms with Crippen molar-refractivity contribution in [3.05, 3.63) is 17.5 Å². The third kappa shape index (κ3) is 2.35. The number of rotatable bonds is 3. The van der Waals surface area contributed by atoms with Crippen molar-refractivity contribution in [1.82, 2.24) is 14.9 Å². The van der Waals surface area contributed by atoms with E-state index in [2.05, 4.69) is 9.97 Å². The van der Waals surface area contributed by atoms with Gasteiger partial charge in [0.15, 0.2) is 0 Å². The Bertz CT molecular complexity index is 530. The van der Waals surface area contributed by atoms with Crippen molar-refractivity contribution in [2.75, 3.05) is 25.5 Å². The van der Waals surface area contributed by atoms with Crippen LogP contribution in [0.4, 0.5) is 5.95 Å². The van der Waals surface area contributed by atoms with E-state index in [0.29, 0.717) is 30.2 Å². The van der Waals surface area contributed by atoms with Crippen molar-refractivity contribution < 1.29 is 14.7 Å². The van der Waals surface area contributed by atoms with Crippen LogP contribution in [0.3, 0.4) is 0 Å². The van der Waals surface area contributed by atoms with Crippen LogP contribution in [0.5, 0.6) is 0 Å². The summed E-state index contributed by atoms with van der Waals surface area (Å²) in [6.45, 7) is 2.18. The molecule has 0 unspecified atom stereocenters. The van der Waals surface area contributed by atoms with Crippen LogP contribution in [-0.4, -0.2) is 58.5 Å². The fraction of sp³-hybridized carbons (Fsp3) is 0.500. The van der Waals surface area contributed by atoms with Crippen LogP contribution in [0.2, 0.25) is 0 Å². The monoisotopic (exact) mass is 264 g/mol. The van der Waals surface area contributed by atoms with Crippen molar-refractivity contribution in [3.8, 4) is 0 Å². The molecular formula is C12H16N4O3. The number of aryl methyl sites for hydroxylation is 1. The van der Waals surface area contributed by atoms with Gasteiger partial charge in [-0.25, -0.2) is 14.8 Å². The van der Waals surface area contributed by atoms with Crippen LogP contribution >= 0.6 is 0 Å². The molecule has 1 aliphatic rings. The Morgan fingerprint density at radius 1 is 1.47 bits per heavy atom. The Kier molecular flexibility index (Phi) is 3.37. The van der Waals surface area contributed by atoms with Crippen molar-refractivity contribution >= 4 is 17.8 Å². The van der Waals surface area contributed by atoms with Crippen molar-refractivity contribution in [1.29, 1.82) is 0 Å². The molecule has 1 atom stereocenters. The van der Waals surface area contributed by atoms with Crippen LogP contribution in [0.25, 0.3) is 0 Å². The molecule has 0 radical (unpaired) electrons. The zero-order valence-corrected chi connectivity index (χ0v) is 11.1. The summed E-state index contributed by atoms with van der Waals surface area (Å²) in [6, 6.07) is -0.722. The summed E-state index contributed by atoms with van der Waals surface area (Å²) < 4.78 is 0. The fourth-order valence-electron chi connectivity index (χ4n) is 1.92. The lowest BCUT2D eigenvalue weighted by Gasteiger charge is -2.38. The zero-order valence-electron chi connectivity index (χ0n) is 11.1. The van der Waals surface area contributed by atoms with Gasteiger partial charge in [0.1, 0.15) is 6.04 Å². The van der Waals surface area contributed by atoms with Gasteiger partial charge in [0.25, 0.3) is 5.91 Å². The van der Waals surface area contributed by atoms with Crippen LogP contribution in [0.1, 0.15) is 22.5 Å². The third-order valence-corrected chi connectivity index (χ3v) is 3.16. The highest BCUT2D eigenvalue weighted by atomic mass is 16.4. The van der Waals surface area contributed by atoms with Crippen molar-refractivity contribution in [2.24, 2.45) is 0 Å². The number of aliphatic carboxylic acids is 1. The SMILES string of the molecule is Cc1nc(N(C)C)ncc1C(=O)N1CC[C@H]1C(=O)O. The molecule has 1 aromatic rings. The minimum Gasteiger partial charge on any atom is -0.480 e. The summed E-state index contributed by atoms with van der Waals surface area (Å²) in [5.41, 5.74) is 0.913. The Balaban J connectivity index is 2.23. The maximum absolute atomic E-state index is 12.2. The number of nitrogens with zero attached hydrogens (tertiary/aromatic N) is 4. The fourth-order valence-corrected chi connectivity index (χ4v) is 1.92. The molecule has 7 heteroatoms.